The summed E-state index contributed by atoms with van der Waals surface area (Å²) in [5.74, 6) is 6.91. The Morgan fingerprint density at radius 3 is 2.43 bits per heavy atom. The van der Waals surface area contributed by atoms with Crippen LogP contribution in [0, 0.1) is 11.8 Å². The number of hydrogen-bond donors (Lipinski definition) is 6. The number of methoxy groups -OCH3 is 1. The standard InChI is InChI=1S/C23H33BNO5S.C7H15NO2.C2H4O2.C2H6.CH4O/c1-4-23(27)11-8-6-5-7-9-20(29-21-14-17(26)13-16(2)28-21)22-18(23)10-12-31(30-24)15-19(22)25-3;1-2-8-6-3-4-7(9)10-5-6;1-4-2-3;2*1-2/h5-6,10,15-17,20-21,24-27H,4,8,11-14H2,1-3H3;6-9H,2-5H2,1H3;2H,1H3;1-2H3;2H,1H3/b6-5-;;;;/t16?,17?,20?,21-,23?,31?;;;;/m0..../s1. The van der Waals surface area contributed by atoms with E-state index in [0.29, 0.717) is 50.6 Å². The average Bonchev–Trinajstić information content (AvgIpc) is 3.32. The van der Waals surface area contributed by atoms with Gasteiger partial charge in [-0.2, -0.15) is 0 Å². The van der Waals surface area contributed by atoms with E-state index in [9.17, 15) is 10.2 Å². The molecule has 0 amide bonds. The molecule has 4 rings (SSSR count). The zero-order chi connectivity index (χ0) is 37.2. The van der Waals surface area contributed by atoms with E-state index in [0.717, 1.165) is 49.8 Å². The van der Waals surface area contributed by atoms with Gasteiger partial charge in [0, 0.05) is 49.0 Å². The van der Waals surface area contributed by atoms with E-state index < -0.39 is 41.2 Å². The van der Waals surface area contributed by atoms with E-state index in [1.807, 2.05) is 58.3 Å². The fourth-order valence-corrected chi connectivity index (χ4v) is 6.52. The molecule has 6 N–H and O–H groups in total. The molecule has 7 unspecified atom stereocenters. The largest absolute Gasteiger partial charge is 0.471 e. The molecule has 0 aromatic heterocycles. The van der Waals surface area contributed by atoms with E-state index in [4.69, 9.17) is 33.3 Å². The van der Waals surface area contributed by atoms with Crippen LogP contribution in [-0.2, 0) is 27.8 Å². The Hall–Kier alpha value is -2.03. The van der Waals surface area contributed by atoms with Crippen LogP contribution in [0.4, 0.5) is 0 Å². The molecule has 2 saturated heterocycles. The van der Waals surface area contributed by atoms with Crippen molar-refractivity contribution >= 4 is 30.7 Å². The second-order valence-corrected chi connectivity index (χ2v) is 12.6. The molecule has 0 bridgehead atoms. The van der Waals surface area contributed by atoms with Crippen molar-refractivity contribution in [3.63, 3.8) is 0 Å². The summed E-state index contributed by atoms with van der Waals surface area (Å²) in [5.41, 5.74) is 1.37. The van der Waals surface area contributed by atoms with Gasteiger partial charge in [-0.05, 0) is 63.6 Å². The predicted molar refractivity (Wildman–Crippen MR) is 198 cm³/mol. The van der Waals surface area contributed by atoms with Crippen LogP contribution >= 0.6 is 10.8 Å². The molecule has 1 aliphatic carbocycles. The number of allylic oxidation sites excluding steroid dienone is 3. The van der Waals surface area contributed by atoms with Crippen molar-refractivity contribution in [2.24, 2.45) is 0 Å². The number of rotatable bonds is 8. The first-order chi connectivity index (χ1) is 23.6. The van der Waals surface area contributed by atoms with Crippen molar-refractivity contribution in [1.29, 1.82) is 0 Å². The smallest absolute Gasteiger partial charge is 0.292 e. The summed E-state index contributed by atoms with van der Waals surface area (Å²) < 4.78 is 26.6. The van der Waals surface area contributed by atoms with Gasteiger partial charge in [-0.3, -0.25) is 4.79 Å². The molecule has 1 radical (unpaired) electrons. The normalized spacial score (nSPS) is 31.3. The highest BCUT2D eigenvalue weighted by Gasteiger charge is 2.38. The molecule has 4 aliphatic rings. The number of carbonyl (C=O) groups is 1. The molecule has 3 heterocycles. The lowest BCUT2D eigenvalue weighted by Crippen LogP contribution is -2.40. The van der Waals surface area contributed by atoms with Crippen molar-refractivity contribution in [3.05, 3.63) is 35.1 Å². The highest BCUT2D eigenvalue weighted by atomic mass is 32.2. The molecule has 0 saturated carbocycles. The van der Waals surface area contributed by atoms with Crippen LogP contribution in [-0.4, -0.2) is 123 Å². The van der Waals surface area contributed by atoms with Gasteiger partial charge in [-0.1, -0.05) is 62.5 Å². The number of aliphatic hydroxyl groups is 4. The molecule has 0 spiro atoms. The van der Waals surface area contributed by atoms with Crippen molar-refractivity contribution in [3.8, 4) is 11.8 Å². The summed E-state index contributed by atoms with van der Waals surface area (Å²) in [7, 11) is 7.22. The van der Waals surface area contributed by atoms with Gasteiger partial charge in [0.15, 0.2) is 12.6 Å². The zero-order valence-corrected chi connectivity index (χ0v) is 31.6. The van der Waals surface area contributed by atoms with Crippen molar-refractivity contribution in [2.45, 2.75) is 122 Å². The van der Waals surface area contributed by atoms with Gasteiger partial charge < -0.3 is 54.1 Å². The molecule has 49 heavy (non-hydrogen) atoms. The number of nitrogens with one attached hydrogen (secondary N) is 2. The third kappa shape index (κ3) is 17.2. The van der Waals surface area contributed by atoms with Gasteiger partial charge in [0.05, 0.1) is 31.5 Å². The molecule has 0 aromatic rings. The lowest BCUT2D eigenvalue weighted by atomic mass is 9.79. The first-order valence-electron chi connectivity index (χ1n) is 17.1. The second kappa shape index (κ2) is 27.7. The van der Waals surface area contributed by atoms with Gasteiger partial charge in [-0.15, -0.1) is 0 Å². The summed E-state index contributed by atoms with van der Waals surface area (Å²) in [4.78, 5) is 8.95. The van der Waals surface area contributed by atoms with E-state index in [1.54, 1.807) is 0 Å². The first kappa shape index (κ1) is 47.0. The Bertz CT molecular complexity index is 1090. The summed E-state index contributed by atoms with van der Waals surface area (Å²) in [6, 6.07) is 0.452. The Kier molecular flexibility index (Phi) is 26.5. The van der Waals surface area contributed by atoms with Crippen LogP contribution in [0.2, 0.25) is 0 Å². The maximum absolute atomic E-state index is 11.7. The Morgan fingerprint density at radius 1 is 1.20 bits per heavy atom. The summed E-state index contributed by atoms with van der Waals surface area (Å²) >= 11 is 0. The fraction of sp³-hybridized carbons (Fsp3) is 0.714. The average molecular weight is 714 g/mol. The minimum atomic E-state index is -1.03. The third-order valence-corrected chi connectivity index (χ3v) is 9.07. The lowest BCUT2D eigenvalue weighted by molar-refractivity contribution is -0.216. The predicted octanol–water partition coefficient (Wildman–Crippen LogP) is 2.50. The highest BCUT2D eigenvalue weighted by molar-refractivity contribution is 8.11. The van der Waals surface area contributed by atoms with Crippen LogP contribution in [0.3, 0.4) is 0 Å². The summed E-state index contributed by atoms with van der Waals surface area (Å²) in [5, 5.41) is 46.4. The lowest BCUT2D eigenvalue weighted by Gasteiger charge is -2.37. The van der Waals surface area contributed by atoms with E-state index in [2.05, 4.69) is 42.2 Å². The zero-order valence-electron chi connectivity index (χ0n) is 30.8. The summed E-state index contributed by atoms with van der Waals surface area (Å²) in [6.45, 7) is 12.0. The van der Waals surface area contributed by atoms with E-state index >= 15 is 0 Å². The van der Waals surface area contributed by atoms with Crippen LogP contribution in [0.15, 0.2) is 35.1 Å². The van der Waals surface area contributed by atoms with Crippen LogP contribution < -0.4 is 10.6 Å². The number of carbonyl (C=O) groups excluding carboxylic acids is 1. The van der Waals surface area contributed by atoms with Crippen molar-refractivity contribution in [2.75, 3.05) is 40.2 Å². The molecule has 0 aromatic carbocycles. The molecule has 14 heteroatoms. The first-order valence-corrected chi connectivity index (χ1v) is 18.4. The fourth-order valence-electron chi connectivity index (χ4n) is 5.43. The van der Waals surface area contributed by atoms with E-state index in [-0.39, 0.29) is 6.10 Å². The molecular formula is C35H62BN2O10S. The maximum Gasteiger partial charge on any atom is 0.292 e. The van der Waals surface area contributed by atoms with Crippen molar-refractivity contribution < 1.29 is 48.3 Å². The van der Waals surface area contributed by atoms with Crippen LogP contribution in [0.25, 0.3) is 0 Å². The number of aliphatic hydroxyl groups excluding tert-OH is 3. The monoisotopic (exact) mass is 713 g/mol. The number of hydrogen-bond acceptors (Lipinski definition) is 12. The van der Waals surface area contributed by atoms with Gasteiger partial charge >= 0.3 is 0 Å². The maximum atomic E-state index is 11.7. The van der Waals surface area contributed by atoms with Crippen LogP contribution in [0.1, 0.15) is 79.6 Å². The van der Waals surface area contributed by atoms with E-state index in [1.165, 1.54) is 7.11 Å². The Morgan fingerprint density at radius 2 is 1.90 bits per heavy atom. The second-order valence-electron chi connectivity index (χ2n) is 11.1. The van der Waals surface area contributed by atoms with Crippen molar-refractivity contribution in [1.82, 2.24) is 10.6 Å². The number of likely N-dealkylation sites (N-methyl/N-ethyl adjacent to an activating group) is 1. The topological polar surface area (TPSA) is 168 Å². The molecule has 8 atom stereocenters. The highest BCUT2D eigenvalue weighted by Crippen LogP contribution is 2.39. The minimum absolute atomic E-state index is 0.104. The molecule has 281 valence electrons. The molecule has 3 aliphatic heterocycles. The van der Waals surface area contributed by atoms with Crippen LogP contribution in [0.5, 0.6) is 0 Å². The minimum Gasteiger partial charge on any atom is -0.471 e. The molecule has 12 nitrogen and oxygen atoms in total. The molecule has 2 fully saturated rings. The van der Waals surface area contributed by atoms with Gasteiger partial charge in [0.25, 0.3) is 14.5 Å². The third-order valence-electron chi connectivity index (χ3n) is 7.77. The quantitative estimate of drug-likeness (QED) is 0.0943. The Balaban J connectivity index is 0.00000106. The van der Waals surface area contributed by atoms with Gasteiger partial charge in [0.2, 0.25) is 0 Å². The molecular weight excluding hydrogens is 651 g/mol. The summed E-state index contributed by atoms with van der Waals surface area (Å²) in [6.07, 6.45) is 8.10. The van der Waals surface area contributed by atoms with Gasteiger partial charge in [0.1, 0.15) is 6.10 Å². The van der Waals surface area contributed by atoms with Gasteiger partial charge in [-0.25, -0.2) is 0 Å². The number of ether oxygens (including phenoxy) is 4. The number of fused-ring (bicyclic) bond motifs is 1. The SMILES string of the molecule is CC.CCNC1CCC(O)OC1.CO.COC=O.[BH]OS1=CC(NC)=C2C(=CC1)C(O)(CC)CC/C=C\C#CC2O[C@H]1CC(O)CC(C)O1. The Labute approximate surface area is 298 Å².